The normalized spacial score (nSPS) is 13.2. The molecule has 0 amide bonds. The highest BCUT2D eigenvalue weighted by molar-refractivity contribution is 5.89. The fourth-order valence-corrected chi connectivity index (χ4v) is 16.2. The van der Waals surface area contributed by atoms with Gasteiger partial charge in [0.2, 0.25) is 5.82 Å². The lowest BCUT2D eigenvalue weighted by atomic mass is 9.34. The Balaban J connectivity index is 0.000000141. The summed E-state index contributed by atoms with van der Waals surface area (Å²) in [5.74, 6) is -1.28. The lowest BCUT2D eigenvalue weighted by molar-refractivity contribution is -0.225. The molecule has 17 aromatic rings. The van der Waals surface area contributed by atoms with Crippen molar-refractivity contribution in [2.45, 2.75) is 135 Å². The average Bonchev–Trinajstić information content (AvgIpc) is 1.11. The van der Waals surface area contributed by atoms with Crippen molar-refractivity contribution in [1.82, 2.24) is 111 Å². The molecule has 15 aromatic heterocycles. The van der Waals surface area contributed by atoms with Crippen LogP contribution in [-0.4, -0.2) is 217 Å². The first kappa shape index (κ1) is 106. The van der Waals surface area contributed by atoms with Crippen molar-refractivity contribution < 1.29 is 87.8 Å². The Hall–Kier alpha value is -18.4. The van der Waals surface area contributed by atoms with Crippen molar-refractivity contribution in [3.05, 3.63) is 337 Å². The Kier molecular flexibility index (Phi) is 39.6. The monoisotopic (exact) mass is 2020 g/mol. The molecule has 0 saturated heterocycles. The molecule has 0 atom stereocenters. The Labute approximate surface area is 855 Å². The van der Waals surface area contributed by atoms with E-state index in [1.807, 2.05) is 133 Å². The van der Waals surface area contributed by atoms with E-state index in [2.05, 4.69) is 111 Å². The standard InChI is InChI=1S/2C19H19N3O3.2C18H18N4O3.C18H21N3O3.C17H17N5O3/c23-19(24)15-6-3-5-14(12-15)4-1-2-11-25-16-7-8-17(20-13-16)18-9-10-21-22-18;23-19(24)15-6-4-14(5-7-15)3-1-2-12-25-16-8-9-17(20-13-16)18-10-11-21-22-18;23-18(24)17-6-3-5-13(21-17)4-1-2-11-25-14-7-8-15(19-12-14)16-9-10-20-22-16;23-18(24)17-6-4-13(11-19-17)3-1-2-10-25-14-5-7-15(20-12-14)16-8-9-21-22-16;22-16(23)18-10-17(11-18,12-18)6-1-2-8-24-13-3-4-14(19-9-13)15-5-7-20-21-15;23-17(24)16-19-9-12(10-20-16)3-1-2-8-25-13-4-5-14(18-11-13)15-6-7-21-22-15/h3,5-10,12-13H,1-2,4,11H2,(H,21,22)(H,23,24);4-11,13H,1-3,12H2,(H,21,22)(H,23,24);3,5-10,12H,1-2,4,11H2,(H,20,22)(H,23,24);4-9,11-12H,1-3,10H2,(H,21,22)(H,23,24);3-5,7,9H,1-2,6,8,10-12H2,(H,20,21)(H,22,23);4-7,9-11H,1-3,8H2,(H,21,22)(H,23,24). The van der Waals surface area contributed by atoms with Gasteiger partial charge in [-0.15, -0.1) is 0 Å². The number of benzene rings is 2. The van der Waals surface area contributed by atoms with E-state index in [1.165, 1.54) is 12.1 Å². The van der Waals surface area contributed by atoms with Gasteiger partial charge in [0, 0.05) is 61.5 Å². The van der Waals surface area contributed by atoms with Gasteiger partial charge in [-0.2, -0.15) is 30.6 Å². The van der Waals surface area contributed by atoms with Crippen LogP contribution in [-0.2, 0) is 36.9 Å². The summed E-state index contributed by atoms with van der Waals surface area (Å²) >= 11 is 0. The minimum atomic E-state index is -1.12. The van der Waals surface area contributed by atoms with Crippen molar-refractivity contribution in [3.8, 4) is 103 Å². The molecule has 2 aromatic carbocycles. The van der Waals surface area contributed by atoms with E-state index in [4.69, 9.17) is 59.1 Å². The second-order valence-corrected chi connectivity index (χ2v) is 34.9. The number of aromatic nitrogens is 22. The maximum Gasteiger partial charge on any atom is 0.373 e. The van der Waals surface area contributed by atoms with Gasteiger partial charge in [0.25, 0.3) is 0 Å². The van der Waals surface area contributed by atoms with E-state index in [1.54, 1.807) is 135 Å². The summed E-state index contributed by atoms with van der Waals surface area (Å²) in [6.07, 6.45) is 44.0. The van der Waals surface area contributed by atoms with Gasteiger partial charge in [-0.25, -0.2) is 43.9 Å². The number of unbranched alkanes of at least 4 members (excludes halogenated alkanes) is 6. The summed E-state index contributed by atoms with van der Waals surface area (Å²) in [6, 6.07) is 56.3. The minimum Gasteiger partial charge on any atom is -0.492 e. The van der Waals surface area contributed by atoms with Crippen LogP contribution in [0, 0.1) is 10.8 Å². The van der Waals surface area contributed by atoms with Crippen LogP contribution < -0.4 is 28.4 Å². The molecule has 40 heteroatoms. The molecule has 2 bridgehead atoms. The summed E-state index contributed by atoms with van der Waals surface area (Å²) < 4.78 is 34.2. The van der Waals surface area contributed by atoms with Gasteiger partial charge in [0.1, 0.15) is 45.9 Å². The highest BCUT2D eigenvalue weighted by Gasteiger charge is 2.71. The van der Waals surface area contributed by atoms with Crippen LogP contribution >= 0.6 is 0 Å². The Morgan fingerprint density at radius 2 is 0.597 bits per heavy atom. The lowest BCUT2D eigenvalue weighted by Gasteiger charge is -2.68. The molecule has 3 aliphatic carbocycles. The first-order chi connectivity index (χ1) is 72.7. The number of nitrogens with zero attached hydrogens (tertiary/aromatic N) is 16. The smallest absolute Gasteiger partial charge is 0.373 e. The summed E-state index contributed by atoms with van der Waals surface area (Å²) in [7, 11) is 0. The van der Waals surface area contributed by atoms with Gasteiger partial charge in [-0.3, -0.25) is 65.3 Å². The van der Waals surface area contributed by atoms with Gasteiger partial charge in [-0.05, 0) is 314 Å². The SMILES string of the molecule is O=C(O)C12CC(CCCCOc3ccc(-c4ccn[nH]4)nc3)(C1)C2.O=C(O)c1ccc(CCCCOc2ccc(-c3ccn[nH]3)nc2)cc1.O=C(O)c1ccc(CCCCOc2ccc(-c3ccn[nH]3)nc2)cn1.O=C(O)c1cccc(CCCCOc2ccc(-c3ccn[nH]3)nc2)c1.O=C(O)c1cccc(CCCCOc2ccc(-c3ccn[nH]3)nc2)n1.O=C(O)c1ncc(CCCCOc2ccc(-c3ccn[nH]3)nc2)cn1. The molecule has 149 heavy (non-hydrogen) atoms. The quantitative estimate of drug-likeness (QED) is 0.0158. The van der Waals surface area contributed by atoms with Crippen LogP contribution in [0.15, 0.2) is 281 Å². The fraction of sp³-hybridized carbons (Fsp3) is 0.266. The van der Waals surface area contributed by atoms with E-state index in [-0.39, 0.29) is 22.6 Å². The number of aliphatic carboxylic acids is 1. The highest BCUT2D eigenvalue weighted by Crippen LogP contribution is 2.75. The summed E-state index contributed by atoms with van der Waals surface area (Å²) in [4.78, 5) is 107. The van der Waals surface area contributed by atoms with Crippen LogP contribution in [0.4, 0.5) is 0 Å². The number of carbonyl (C=O) groups is 6. The van der Waals surface area contributed by atoms with Crippen molar-refractivity contribution in [3.63, 3.8) is 0 Å². The van der Waals surface area contributed by atoms with E-state index in [0.29, 0.717) is 61.9 Å². The maximum atomic E-state index is 11.1. The summed E-state index contributed by atoms with van der Waals surface area (Å²) in [5, 5.41) is 94.1. The number of aromatic amines is 6. The van der Waals surface area contributed by atoms with Crippen LogP contribution in [0.1, 0.15) is 183 Å². The number of hydrogen-bond acceptors (Lipinski definition) is 28. The zero-order chi connectivity index (χ0) is 104. The van der Waals surface area contributed by atoms with Crippen molar-refractivity contribution >= 4 is 35.8 Å². The van der Waals surface area contributed by atoms with E-state index >= 15 is 0 Å². The number of carboxylic acids is 6. The predicted octanol–water partition coefficient (Wildman–Crippen LogP) is 18.7. The average molecular weight is 2020 g/mol. The molecular formula is C109H112N22O18. The number of aryl methyl sites for hydroxylation is 5. The van der Waals surface area contributed by atoms with Gasteiger partial charge >= 0.3 is 35.8 Å². The summed E-state index contributed by atoms with van der Waals surface area (Å²) in [6.45, 7) is 3.65. The number of rotatable bonds is 48. The fourth-order valence-electron chi connectivity index (χ4n) is 16.2. The van der Waals surface area contributed by atoms with Gasteiger partial charge in [0.15, 0.2) is 0 Å². The van der Waals surface area contributed by atoms with Gasteiger partial charge in [0.05, 0.1) is 162 Å². The second kappa shape index (κ2) is 55.5. The molecular weight excluding hydrogens is 1910 g/mol. The topological polar surface area (TPSA) is 580 Å². The molecule has 0 spiro atoms. The second-order valence-electron chi connectivity index (χ2n) is 34.9. The predicted molar refractivity (Wildman–Crippen MR) is 547 cm³/mol. The molecule has 12 N–H and O–H groups in total. The molecule has 3 fully saturated rings. The third-order valence-corrected chi connectivity index (χ3v) is 24.0. The number of ether oxygens (including phenoxy) is 6. The minimum absolute atomic E-state index is 0.0677. The number of aromatic carboxylic acids is 5. The van der Waals surface area contributed by atoms with Gasteiger partial charge < -0.3 is 59.1 Å². The number of H-pyrrole nitrogens is 6. The third kappa shape index (κ3) is 33.6. The molecule has 766 valence electrons. The van der Waals surface area contributed by atoms with Crippen molar-refractivity contribution in [2.75, 3.05) is 39.6 Å². The molecule has 15 heterocycles. The number of carboxylic acid groups (broad SMARTS) is 6. The van der Waals surface area contributed by atoms with Crippen LogP contribution in [0.3, 0.4) is 0 Å². The van der Waals surface area contributed by atoms with Crippen LogP contribution in [0.25, 0.3) is 68.3 Å². The third-order valence-electron chi connectivity index (χ3n) is 24.0. The van der Waals surface area contributed by atoms with E-state index < -0.39 is 35.8 Å². The van der Waals surface area contributed by atoms with Gasteiger partial charge in [-0.1, -0.05) is 36.4 Å². The zero-order valence-electron chi connectivity index (χ0n) is 81.4. The molecule has 3 aliphatic rings. The Morgan fingerprint density at radius 1 is 0.268 bits per heavy atom. The van der Waals surface area contributed by atoms with Crippen LogP contribution in [0.5, 0.6) is 34.5 Å². The zero-order valence-corrected chi connectivity index (χ0v) is 81.4. The number of hydrogen-bond donors (Lipinski definition) is 12. The number of nitrogens with one attached hydrogen (secondary N) is 6. The molecule has 0 aliphatic heterocycles. The molecule has 3 saturated carbocycles. The molecule has 20 rings (SSSR count). The van der Waals surface area contributed by atoms with Crippen molar-refractivity contribution in [1.29, 1.82) is 0 Å². The molecule has 40 nitrogen and oxygen atoms in total. The number of pyridine rings is 8. The Morgan fingerprint density at radius 3 is 0.913 bits per heavy atom. The molecule has 0 unspecified atom stereocenters. The Bertz CT molecular complexity index is 6410. The van der Waals surface area contributed by atoms with E-state index in [9.17, 15) is 28.8 Å². The first-order valence-electron chi connectivity index (χ1n) is 48.5. The highest BCUT2D eigenvalue weighted by atomic mass is 16.5. The largest absolute Gasteiger partial charge is 0.492 e. The summed E-state index contributed by atoms with van der Waals surface area (Å²) in [5.41, 5.74) is 15.8. The van der Waals surface area contributed by atoms with E-state index in [0.717, 1.165) is 260 Å². The maximum absolute atomic E-state index is 11.1. The molecule has 0 radical (unpaired) electrons. The van der Waals surface area contributed by atoms with Crippen LogP contribution in [0.2, 0.25) is 0 Å². The van der Waals surface area contributed by atoms with Crippen molar-refractivity contribution in [2.24, 2.45) is 10.8 Å². The lowest BCUT2D eigenvalue weighted by Crippen LogP contribution is -2.65. The first-order valence-corrected chi connectivity index (χ1v) is 48.5.